The van der Waals surface area contributed by atoms with Crippen LogP contribution >= 0.6 is 0 Å². The molecule has 0 unspecified atom stereocenters. The maximum atomic E-state index is 12.5. The van der Waals surface area contributed by atoms with Crippen molar-refractivity contribution in [3.05, 3.63) is 65.2 Å². The van der Waals surface area contributed by atoms with Crippen LogP contribution in [0.1, 0.15) is 38.0 Å². The van der Waals surface area contributed by atoms with Crippen molar-refractivity contribution in [2.75, 3.05) is 31.6 Å². The predicted octanol–water partition coefficient (Wildman–Crippen LogP) is 2.61. The molecule has 0 bridgehead atoms. The molecular weight excluding hydrogens is 332 g/mol. The van der Waals surface area contributed by atoms with Gasteiger partial charge < -0.3 is 15.0 Å². The van der Waals surface area contributed by atoms with E-state index in [2.05, 4.69) is 5.32 Å². The zero-order valence-corrected chi connectivity index (χ0v) is 14.5. The van der Waals surface area contributed by atoms with E-state index in [0.29, 0.717) is 48.7 Å². The number of Topliss-reactive ketones (excluding diaryl/α,β-unsaturated/α-hetero) is 1. The van der Waals surface area contributed by atoms with Gasteiger partial charge in [0.1, 0.15) is 0 Å². The minimum absolute atomic E-state index is 0.0304. The van der Waals surface area contributed by atoms with Crippen LogP contribution in [0.3, 0.4) is 0 Å². The summed E-state index contributed by atoms with van der Waals surface area (Å²) in [5.41, 5.74) is 2.05. The van der Waals surface area contributed by atoms with Crippen LogP contribution in [0.15, 0.2) is 48.5 Å². The summed E-state index contributed by atoms with van der Waals surface area (Å²) in [5, 5.41) is 2.77. The van der Waals surface area contributed by atoms with Gasteiger partial charge >= 0.3 is 0 Å². The first kappa shape index (κ1) is 17.8. The smallest absolute Gasteiger partial charge is 0.255 e. The molecule has 0 saturated carbocycles. The zero-order chi connectivity index (χ0) is 18.5. The fourth-order valence-corrected chi connectivity index (χ4v) is 2.73. The topological polar surface area (TPSA) is 75.7 Å². The van der Waals surface area contributed by atoms with Crippen molar-refractivity contribution in [2.24, 2.45) is 0 Å². The van der Waals surface area contributed by atoms with E-state index in [9.17, 15) is 14.4 Å². The highest BCUT2D eigenvalue weighted by molar-refractivity contribution is 6.06. The molecule has 0 aliphatic carbocycles. The van der Waals surface area contributed by atoms with Crippen LogP contribution < -0.4 is 5.32 Å². The Morgan fingerprint density at radius 1 is 0.923 bits per heavy atom. The van der Waals surface area contributed by atoms with Crippen LogP contribution in [-0.4, -0.2) is 48.8 Å². The quantitative estimate of drug-likeness (QED) is 0.858. The zero-order valence-electron chi connectivity index (χ0n) is 14.5. The number of hydrogen-bond donors (Lipinski definition) is 1. The van der Waals surface area contributed by atoms with Gasteiger partial charge in [0.15, 0.2) is 5.78 Å². The van der Waals surface area contributed by atoms with E-state index in [1.54, 1.807) is 53.4 Å². The molecule has 134 valence electrons. The number of anilines is 1. The van der Waals surface area contributed by atoms with E-state index in [1.165, 1.54) is 6.92 Å². The summed E-state index contributed by atoms with van der Waals surface area (Å²) >= 11 is 0. The fourth-order valence-electron chi connectivity index (χ4n) is 2.73. The third-order valence-electron chi connectivity index (χ3n) is 4.22. The number of ketones is 1. The minimum Gasteiger partial charge on any atom is -0.378 e. The van der Waals surface area contributed by atoms with Crippen LogP contribution in [0.2, 0.25) is 0 Å². The first-order chi connectivity index (χ1) is 12.5. The summed E-state index contributed by atoms with van der Waals surface area (Å²) in [7, 11) is 0. The van der Waals surface area contributed by atoms with E-state index in [1.807, 2.05) is 0 Å². The molecule has 6 heteroatoms. The van der Waals surface area contributed by atoms with Crippen molar-refractivity contribution in [1.29, 1.82) is 0 Å². The number of benzene rings is 2. The number of carbonyl (C=O) groups is 3. The first-order valence-electron chi connectivity index (χ1n) is 8.44. The Labute approximate surface area is 151 Å². The summed E-state index contributed by atoms with van der Waals surface area (Å²) in [4.78, 5) is 38.0. The number of ether oxygens (including phenoxy) is 1. The minimum atomic E-state index is -0.308. The lowest BCUT2D eigenvalue weighted by atomic mass is 10.1. The normalized spacial score (nSPS) is 14.0. The van der Waals surface area contributed by atoms with Crippen LogP contribution in [-0.2, 0) is 4.74 Å². The number of nitrogens with zero attached hydrogens (tertiary/aromatic N) is 1. The molecule has 26 heavy (non-hydrogen) atoms. The second-order valence-corrected chi connectivity index (χ2v) is 6.07. The van der Waals surface area contributed by atoms with Gasteiger partial charge in [-0.05, 0) is 49.4 Å². The van der Waals surface area contributed by atoms with Crippen LogP contribution in [0.5, 0.6) is 0 Å². The molecular formula is C20H20N2O4. The van der Waals surface area contributed by atoms with Gasteiger partial charge in [0.2, 0.25) is 0 Å². The molecule has 1 N–H and O–H groups in total. The SMILES string of the molecule is CC(=O)c1ccc(NC(=O)c2cccc(C(=O)N3CCOCC3)c2)cc1. The summed E-state index contributed by atoms with van der Waals surface area (Å²) < 4.78 is 5.26. The summed E-state index contributed by atoms with van der Waals surface area (Å²) in [6, 6.07) is 13.3. The molecule has 0 spiro atoms. The van der Waals surface area contributed by atoms with Gasteiger partial charge in [-0.3, -0.25) is 14.4 Å². The molecule has 1 saturated heterocycles. The van der Waals surface area contributed by atoms with Crippen LogP contribution in [0.4, 0.5) is 5.69 Å². The molecule has 1 heterocycles. The second-order valence-electron chi connectivity index (χ2n) is 6.07. The Morgan fingerprint density at radius 3 is 2.23 bits per heavy atom. The van der Waals surface area contributed by atoms with E-state index in [0.717, 1.165) is 0 Å². The van der Waals surface area contributed by atoms with Crippen molar-refractivity contribution in [3.63, 3.8) is 0 Å². The van der Waals surface area contributed by atoms with E-state index in [-0.39, 0.29) is 17.6 Å². The number of hydrogen-bond acceptors (Lipinski definition) is 4. The Morgan fingerprint density at radius 2 is 1.58 bits per heavy atom. The van der Waals surface area contributed by atoms with Crippen LogP contribution in [0, 0.1) is 0 Å². The Balaban J connectivity index is 1.71. The molecule has 2 amide bonds. The number of amides is 2. The molecule has 3 rings (SSSR count). The molecule has 0 radical (unpaired) electrons. The summed E-state index contributed by atoms with van der Waals surface area (Å²) in [6.45, 7) is 3.66. The first-order valence-corrected chi connectivity index (χ1v) is 8.44. The molecule has 6 nitrogen and oxygen atoms in total. The third-order valence-corrected chi connectivity index (χ3v) is 4.22. The lowest BCUT2D eigenvalue weighted by Crippen LogP contribution is -2.40. The Kier molecular flexibility index (Phi) is 5.43. The third kappa shape index (κ3) is 4.15. The van der Waals surface area contributed by atoms with Crippen molar-refractivity contribution in [2.45, 2.75) is 6.92 Å². The number of rotatable bonds is 4. The highest BCUT2D eigenvalue weighted by atomic mass is 16.5. The summed E-state index contributed by atoms with van der Waals surface area (Å²) in [5.74, 6) is -0.442. The lowest BCUT2D eigenvalue weighted by molar-refractivity contribution is 0.0303. The predicted molar refractivity (Wildman–Crippen MR) is 97.6 cm³/mol. The fraction of sp³-hybridized carbons (Fsp3) is 0.250. The average molecular weight is 352 g/mol. The number of carbonyl (C=O) groups excluding carboxylic acids is 3. The van der Waals surface area contributed by atoms with Crippen molar-refractivity contribution >= 4 is 23.3 Å². The highest BCUT2D eigenvalue weighted by Crippen LogP contribution is 2.14. The van der Waals surface area contributed by atoms with Crippen molar-refractivity contribution in [3.8, 4) is 0 Å². The molecule has 2 aromatic carbocycles. The Bertz CT molecular complexity index is 824. The maximum absolute atomic E-state index is 12.5. The molecule has 2 aromatic rings. The molecule has 1 aliphatic rings. The molecule has 0 aromatic heterocycles. The van der Waals surface area contributed by atoms with Gasteiger partial charge in [-0.2, -0.15) is 0 Å². The Hall–Kier alpha value is -2.99. The maximum Gasteiger partial charge on any atom is 0.255 e. The van der Waals surface area contributed by atoms with Gasteiger partial charge in [-0.1, -0.05) is 6.07 Å². The van der Waals surface area contributed by atoms with E-state index >= 15 is 0 Å². The van der Waals surface area contributed by atoms with Crippen LogP contribution in [0.25, 0.3) is 0 Å². The standard InChI is InChI=1S/C20H20N2O4/c1-14(23)15-5-7-18(8-6-15)21-19(24)16-3-2-4-17(13-16)20(25)22-9-11-26-12-10-22/h2-8,13H,9-12H2,1H3,(H,21,24). The van der Waals surface area contributed by atoms with Gasteiger partial charge in [0, 0.05) is 35.5 Å². The van der Waals surface area contributed by atoms with Gasteiger partial charge in [0.25, 0.3) is 11.8 Å². The van der Waals surface area contributed by atoms with Crippen molar-refractivity contribution in [1.82, 2.24) is 4.90 Å². The lowest BCUT2D eigenvalue weighted by Gasteiger charge is -2.27. The largest absolute Gasteiger partial charge is 0.378 e. The highest BCUT2D eigenvalue weighted by Gasteiger charge is 2.19. The number of morpholine rings is 1. The second kappa shape index (κ2) is 7.93. The molecule has 1 aliphatic heterocycles. The van der Waals surface area contributed by atoms with Gasteiger partial charge in [-0.15, -0.1) is 0 Å². The van der Waals surface area contributed by atoms with Gasteiger partial charge in [0.05, 0.1) is 13.2 Å². The monoisotopic (exact) mass is 352 g/mol. The van der Waals surface area contributed by atoms with E-state index < -0.39 is 0 Å². The average Bonchev–Trinajstić information content (AvgIpc) is 2.68. The summed E-state index contributed by atoms with van der Waals surface area (Å²) in [6.07, 6.45) is 0. The number of nitrogens with one attached hydrogen (secondary N) is 1. The molecule has 1 fully saturated rings. The van der Waals surface area contributed by atoms with Gasteiger partial charge in [-0.25, -0.2) is 0 Å². The van der Waals surface area contributed by atoms with E-state index in [4.69, 9.17) is 4.74 Å². The molecule has 0 atom stereocenters. The van der Waals surface area contributed by atoms with Crippen molar-refractivity contribution < 1.29 is 19.1 Å².